The van der Waals surface area contributed by atoms with Crippen molar-refractivity contribution in [3.8, 4) is 0 Å². The Morgan fingerprint density at radius 1 is 1.42 bits per heavy atom. The molecule has 0 radical (unpaired) electrons. The first-order chi connectivity index (χ1) is 12.5. The van der Waals surface area contributed by atoms with Crippen LogP contribution in [0.2, 0.25) is 0 Å². The predicted molar refractivity (Wildman–Crippen MR) is 99.7 cm³/mol. The molecular weight excluding hydrogens is 336 g/mol. The van der Waals surface area contributed by atoms with Gasteiger partial charge in [-0.1, -0.05) is 13.3 Å². The summed E-state index contributed by atoms with van der Waals surface area (Å²) < 4.78 is 0. The van der Waals surface area contributed by atoms with Gasteiger partial charge < -0.3 is 31.4 Å². The molecule has 9 heteroatoms. The molecule has 1 rings (SSSR count). The molecule has 0 aromatic heterocycles. The number of rotatable bonds is 11. The molecule has 0 spiro atoms. The molecule has 0 bridgehead atoms. The minimum absolute atomic E-state index is 0.0408. The second-order valence-electron chi connectivity index (χ2n) is 6.56. The maximum absolute atomic E-state index is 12.6. The Labute approximate surface area is 154 Å². The minimum Gasteiger partial charge on any atom is -0.370 e. The predicted octanol–water partition coefficient (Wildman–Crippen LogP) is -0.686. The molecule has 1 saturated heterocycles. The first kappa shape index (κ1) is 21.9. The molecule has 2 amide bonds. The van der Waals surface area contributed by atoms with Crippen LogP contribution in [0.25, 0.3) is 0 Å². The lowest BCUT2D eigenvalue weighted by molar-refractivity contribution is -0.138. The van der Waals surface area contributed by atoms with Gasteiger partial charge in [-0.2, -0.15) is 0 Å². The van der Waals surface area contributed by atoms with E-state index in [2.05, 4.69) is 16.0 Å². The largest absolute Gasteiger partial charge is 0.370 e. The quantitative estimate of drug-likeness (QED) is 0.142. The first-order valence-corrected chi connectivity index (χ1v) is 9.32. The normalized spacial score (nSPS) is 17.8. The SMILES string of the molecule is CCCN(CC(=O)N[C@H](C=O)CCCNC(=N)N)C(=O)[C@H]1CCCCN1. The number of hydrogen-bond acceptors (Lipinski definition) is 5. The molecule has 148 valence electrons. The van der Waals surface area contributed by atoms with Gasteiger partial charge in [-0.05, 0) is 38.6 Å². The number of piperidine rings is 1. The fourth-order valence-electron chi connectivity index (χ4n) is 2.97. The molecule has 0 aromatic rings. The van der Waals surface area contributed by atoms with Gasteiger partial charge in [0.05, 0.1) is 18.6 Å². The van der Waals surface area contributed by atoms with Crippen LogP contribution in [0.15, 0.2) is 0 Å². The molecule has 1 heterocycles. The second kappa shape index (κ2) is 12.2. The zero-order valence-corrected chi connectivity index (χ0v) is 15.6. The van der Waals surface area contributed by atoms with E-state index >= 15 is 0 Å². The highest BCUT2D eigenvalue weighted by Gasteiger charge is 2.27. The lowest BCUT2D eigenvalue weighted by Gasteiger charge is -2.29. The highest BCUT2D eigenvalue weighted by molar-refractivity contribution is 5.88. The number of nitrogens with one attached hydrogen (secondary N) is 4. The van der Waals surface area contributed by atoms with Crippen LogP contribution in [0, 0.1) is 5.41 Å². The second-order valence-corrected chi connectivity index (χ2v) is 6.56. The fraction of sp³-hybridized carbons (Fsp3) is 0.765. The summed E-state index contributed by atoms with van der Waals surface area (Å²) in [7, 11) is 0. The molecule has 6 N–H and O–H groups in total. The van der Waals surface area contributed by atoms with Gasteiger partial charge in [0, 0.05) is 13.1 Å². The van der Waals surface area contributed by atoms with E-state index in [-0.39, 0.29) is 30.4 Å². The molecular formula is C17H32N6O3. The zero-order chi connectivity index (χ0) is 19.4. The Bertz CT molecular complexity index is 479. The van der Waals surface area contributed by atoms with Crippen LogP contribution in [-0.2, 0) is 14.4 Å². The number of nitrogens with two attached hydrogens (primary N) is 1. The number of carbonyl (C=O) groups excluding carboxylic acids is 3. The first-order valence-electron chi connectivity index (χ1n) is 9.32. The van der Waals surface area contributed by atoms with Gasteiger partial charge >= 0.3 is 0 Å². The molecule has 26 heavy (non-hydrogen) atoms. The molecule has 0 saturated carbocycles. The van der Waals surface area contributed by atoms with Crippen LogP contribution in [-0.4, -0.2) is 67.2 Å². The van der Waals surface area contributed by atoms with Gasteiger partial charge in [0.1, 0.15) is 6.29 Å². The van der Waals surface area contributed by atoms with Gasteiger partial charge in [-0.3, -0.25) is 15.0 Å². The van der Waals surface area contributed by atoms with E-state index in [0.717, 1.165) is 32.2 Å². The van der Waals surface area contributed by atoms with Crippen LogP contribution in [0.5, 0.6) is 0 Å². The van der Waals surface area contributed by atoms with Crippen LogP contribution in [0.3, 0.4) is 0 Å². The van der Waals surface area contributed by atoms with Crippen molar-refractivity contribution in [1.29, 1.82) is 5.41 Å². The van der Waals surface area contributed by atoms with Crippen LogP contribution in [0.1, 0.15) is 45.4 Å². The number of aldehydes is 1. The Hall–Kier alpha value is -2.16. The van der Waals surface area contributed by atoms with E-state index in [0.29, 0.717) is 32.2 Å². The van der Waals surface area contributed by atoms with E-state index in [1.165, 1.54) is 0 Å². The zero-order valence-electron chi connectivity index (χ0n) is 15.6. The average molecular weight is 368 g/mol. The van der Waals surface area contributed by atoms with Crippen LogP contribution >= 0.6 is 0 Å². The third kappa shape index (κ3) is 8.28. The summed E-state index contributed by atoms with van der Waals surface area (Å²) in [5, 5.41) is 15.6. The number of nitrogens with zero attached hydrogens (tertiary/aromatic N) is 1. The Kier molecular flexibility index (Phi) is 10.3. The summed E-state index contributed by atoms with van der Waals surface area (Å²) >= 11 is 0. The summed E-state index contributed by atoms with van der Waals surface area (Å²) in [6, 6.07) is -0.828. The number of hydrogen-bond donors (Lipinski definition) is 5. The van der Waals surface area contributed by atoms with Crippen molar-refractivity contribution < 1.29 is 14.4 Å². The Morgan fingerprint density at radius 2 is 2.19 bits per heavy atom. The van der Waals surface area contributed by atoms with E-state index in [4.69, 9.17) is 11.1 Å². The molecule has 1 fully saturated rings. The summed E-state index contributed by atoms with van der Waals surface area (Å²) in [5.74, 6) is -0.504. The molecule has 0 unspecified atom stereocenters. The molecule has 9 nitrogen and oxygen atoms in total. The summed E-state index contributed by atoms with van der Waals surface area (Å²) in [6.45, 7) is 3.72. The van der Waals surface area contributed by atoms with Crippen LogP contribution in [0.4, 0.5) is 0 Å². The number of guanidine groups is 1. The van der Waals surface area contributed by atoms with E-state index in [1.54, 1.807) is 4.90 Å². The van der Waals surface area contributed by atoms with Gasteiger partial charge in [0.15, 0.2) is 5.96 Å². The summed E-state index contributed by atoms with van der Waals surface area (Å²) in [4.78, 5) is 37.6. The minimum atomic E-state index is -0.609. The maximum Gasteiger partial charge on any atom is 0.240 e. The van der Waals surface area contributed by atoms with Crippen molar-refractivity contribution in [3.05, 3.63) is 0 Å². The van der Waals surface area contributed by atoms with Crippen molar-refractivity contribution >= 4 is 24.1 Å². The van der Waals surface area contributed by atoms with E-state index in [9.17, 15) is 14.4 Å². The number of carbonyl (C=O) groups is 3. The Morgan fingerprint density at radius 3 is 2.77 bits per heavy atom. The van der Waals surface area contributed by atoms with Gasteiger partial charge in [0.2, 0.25) is 11.8 Å². The van der Waals surface area contributed by atoms with Gasteiger partial charge in [0.25, 0.3) is 0 Å². The van der Waals surface area contributed by atoms with Crippen molar-refractivity contribution in [2.24, 2.45) is 5.73 Å². The summed E-state index contributed by atoms with van der Waals surface area (Å²) in [5.41, 5.74) is 5.19. The van der Waals surface area contributed by atoms with Gasteiger partial charge in [-0.15, -0.1) is 0 Å². The maximum atomic E-state index is 12.6. The highest BCUT2D eigenvalue weighted by atomic mass is 16.2. The summed E-state index contributed by atoms with van der Waals surface area (Å²) in [6.07, 6.45) is 5.36. The smallest absolute Gasteiger partial charge is 0.240 e. The standard InChI is InChI=1S/C17H32N6O3/c1-2-10-23(16(26)14-7-3-4-8-20-14)11-15(25)22-13(12-24)6-5-9-21-17(18)19/h12-14,20H,2-11H2,1H3,(H,22,25)(H4,18,19,21)/t13-,14+/m0/s1. The molecule has 0 aromatic carbocycles. The van der Waals surface area contributed by atoms with E-state index < -0.39 is 6.04 Å². The Balaban J connectivity index is 2.47. The average Bonchev–Trinajstić information content (AvgIpc) is 2.63. The monoisotopic (exact) mass is 368 g/mol. The van der Waals surface area contributed by atoms with Crippen molar-refractivity contribution in [3.63, 3.8) is 0 Å². The van der Waals surface area contributed by atoms with E-state index in [1.807, 2.05) is 6.92 Å². The highest BCUT2D eigenvalue weighted by Crippen LogP contribution is 2.10. The molecule has 0 aliphatic carbocycles. The van der Waals surface area contributed by atoms with Gasteiger partial charge in [-0.25, -0.2) is 0 Å². The third-order valence-electron chi connectivity index (χ3n) is 4.27. The van der Waals surface area contributed by atoms with Crippen molar-refractivity contribution in [2.75, 3.05) is 26.2 Å². The molecule has 2 atom stereocenters. The lowest BCUT2D eigenvalue weighted by Crippen LogP contribution is -2.52. The van der Waals surface area contributed by atoms with Crippen molar-refractivity contribution in [2.45, 2.75) is 57.5 Å². The fourth-order valence-corrected chi connectivity index (χ4v) is 2.97. The van der Waals surface area contributed by atoms with Crippen LogP contribution < -0.4 is 21.7 Å². The third-order valence-corrected chi connectivity index (χ3v) is 4.27. The van der Waals surface area contributed by atoms with Crippen molar-refractivity contribution in [1.82, 2.24) is 20.9 Å². The molecule has 1 aliphatic heterocycles. The lowest BCUT2D eigenvalue weighted by atomic mass is 10.0. The topological polar surface area (TPSA) is 140 Å². The molecule has 1 aliphatic rings. The number of amides is 2.